The largest absolute Gasteiger partial charge is 0.477 e. The van der Waals surface area contributed by atoms with Gasteiger partial charge in [-0.05, 0) is 31.9 Å². The normalized spacial score (nSPS) is 10.9. The summed E-state index contributed by atoms with van der Waals surface area (Å²) >= 11 is 0. The van der Waals surface area contributed by atoms with Crippen LogP contribution in [0.15, 0.2) is 11.0 Å². The predicted molar refractivity (Wildman–Crippen MR) is 68.2 cm³/mol. The molecular weight excluding hydrogens is 232 g/mol. The van der Waals surface area contributed by atoms with Crippen LogP contribution in [0.1, 0.15) is 27.2 Å². The number of nitrogens with zero attached hydrogens (tertiary/aromatic N) is 2. The highest BCUT2D eigenvalue weighted by molar-refractivity contribution is 5.92. The zero-order valence-corrected chi connectivity index (χ0v) is 10.7. The molecule has 0 aliphatic carbocycles. The summed E-state index contributed by atoms with van der Waals surface area (Å²) in [6, 6.07) is 0. The van der Waals surface area contributed by atoms with Crippen molar-refractivity contribution < 1.29 is 9.90 Å². The molecule has 0 aliphatic rings. The van der Waals surface area contributed by atoms with Crippen molar-refractivity contribution in [2.45, 2.75) is 20.8 Å². The number of aromatic nitrogens is 2. The Labute approximate surface area is 104 Å². The summed E-state index contributed by atoms with van der Waals surface area (Å²) in [6.07, 6.45) is 1.31. The summed E-state index contributed by atoms with van der Waals surface area (Å²) in [6.45, 7) is 5.57. The van der Waals surface area contributed by atoms with Crippen LogP contribution in [-0.2, 0) is 7.05 Å². The lowest BCUT2D eigenvalue weighted by atomic mass is 10.0. The first-order valence-electron chi connectivity index (χ1n) is 5.55. The minimum atomic E-state index is -1.21. The molecule has 1 N–H and O–H groups in total. The lowest BCUT2D eigenvalue weighted by molar-refractivity contribution is 0.0695. The van der Waals surface area contributed by atoms with E-state index in [9.17, 15) is 9.59 Å². The number of pyridine rings is 2. The van der Waals surface area contributed by atoms with Gasteiger partial charge in [0.15, 0.2) is 0 Å². The number of carboxylic acids is 1. The molecule has 0 unspecified atom stereocenters. The molecular formula is C13H14N2O3. The summed E-state index contributed by atoms with van der Waals surface area (Å²) in [7, 11) is 1.69. The Kier molecular flexibility index (Phi) is 2.69. The van der Waals surface area contributed by atoms with Gasteiger partial charge in [-0.25, -0.2) is 9.78 Å². The molecule has 0 spiro atoms. The Morgan fingerprint density at radius 3 is 2.44 bits per heavy atom. The fourth-order valence-corrected chi connectivity index (χ4v) is 2.05. The quantitative estimate of drug-likeness (QED) is 0.828. The van der Waals surface area contributed by atoms with E-state index >= 15 is 0 Å². The van der Waals surface area contributed by atoms with Crippen molar-refractivity contribution in [1.29, 1.82) is 0 Å². The molecule has 0 aliphatic heterocycles. The van der Waals surface area contributed by atoms with Gasteiger partial charge in [0.25, 0.3) is 0 Å². The van der Waals surface area contributed by atoms with Crippen LogP contribution in [0, 0.1) is 20.8 Å². The zero-order chi connectivity index (χ0) is 13.6. The van der Waals surface area contributed by atoms with Crippen LogP contribution in [0.4, 0.5) is 0 Å². The minimum absolute atomic E-state index is 0.224. The molecule has 0 bridgehead atoms. The third-order valence-electron chi connectivity index (χ3n) is 3.34. The van der Waals surface area contributed by atoms with E-state index in [2.05, 4.69) is 4.98 Å². The van der Waals surface area contributed by atoms with Gasteiger partial charge in [-0.15, -0.1) is 0 Å². The molecule has 5 nitrogen and oxygen atoms in total. The molecule has 2 rings (SSSR count). The summed E-state index contributed by atoms with van der Waals surface area (Å²) < 4.78 is 1.58. The molecule has 5 heteroatoms. The van der Waals surface area contributed by atoms with E-state index in [-0.39, 0.29) is 5.56 Å². The van der Waals surface area contributed by atoms with Crippen LogP contribution >= 0.6 is 0 Å². The van der Waals surface area contributed by atoms with Crippen molar-refractivity contribution in [2.75, 3.05) is 0 Å². The number of rotatable bonds is 1. The molecule has 0 saturated heterocycles. The second-order valence-corrected chi connectivity index (χ2v) is 4.43. The number of carbonyl (C=O) groups is 1. The molecule has 2 aromatic rings. The Hall–Kier alpha value is -2.17. The first kappa shape index (κ1) is 12.3. The fourth-order valence-electron chi connectivity index (χ4n) is 2.05. The monoisotopic (exact) mass is 246 g/mol. The molecule has 2 aromatic heterocycles. The Morgan fingerprint density at radius 2 is 1.89 bits per heavy atom. The molecule has 0 atom stereocenters. The van der Waals surface area contributed by atoms with Gasteiger partial charge in [0.05, 0.1) is 5.39 Å². The number of fused-ring (bicyclic) bond motifs is 1. The first-order chi connectivity index (χ1) is 8.34. The summed E-state index contributed by atoms with van der Waals surface area (Å²) in [5, 5.41) is 9.42. The fraction of sp³-hybridized carbons (Fsp3) is 0.308. The van der Waals surface area contributed by atoms with Crippen LogP contribution < -0.4 is 5.43 Å². The predicted octanol–water partition coefficient (Wildman–Crippen LogP) is 1.56. The highest BCUT2D eigenvalue weighted by Crippen LogP contribution is 2.19. The SMILES string of the molecule is Cc1nc2c(c(C)c1C)c(=O)c(C(=O)O)cn2C. The lowest BCUT2D eigenvalue weighted by Gasteiger charge is -2.12. The summed E-state index contributed by atoms with van der Waals surface area (Å²) in [4.78, 5) is 27.6. The highest BCUT2D eigenvalue weighted by Gasteiger charge is 2.17. The molecule has 0 amide bonds. The molecule has 0 saturated carbocycles. The van der Waals surface area contributed by atoms with Gasteiger partial charge in [0, 0.05) is 18.9 Å². The summed E-state index contributed by atoms with van der Waals surface area (Å²) in [5.74, 6) is -1.21. The third-order valence-corrected chi connectivity index (χ3v) is 3.34. The Morgan fingerprint density at radius 1 is 1.28 bits per heavy atom. The van der Waals surface area contributed by atoms with E-state index < -0.39 is 11.4 Å². The van der Waals surface area contributed by atoms with Crippen LogP contribution in [0.25, 0.3) is 11.0 Å². The maximum absolute atomic E-state index is 12.2. The van der Waals surface area contributed by atoms with Crippen LogP contribution in [0.3, 0.4) is 0 Å². The van der Waals surface area contributed by atoms with Crippen LogP contribution in [0.5, 0.6) is 0 Å². The molecule has 0 fully saturated rings. The molecule has 2 heterocycles. The Balaban J connectivity index is 3.10. The molecule has 0 aromatic carbocycles. The zero-order valence-electron chi connectivity index (χ0n) is 10.7. The van der Waals surface area contributed by atoms with Gasteiger partial charge in [0.2, 0.25) is 5.43 Å². The Bertz CT molecular complexity index is 729. The first-order valence-corrected chi connectivity index (χ1v) is 5.55. The standard InChI is InChI=1S/C13H14N2O3/c1-6-7(2)10-11(16)9(13(17)18)5-15(4)12(10)14-8(6)3/h5H,1-4H3,(H,17,18). The van der Waals surface area contributed by atoms with Gasteiger partial charge in [-0.1, -0.05) is 0 Å². The lowest BCUT2D eigenvalue weighted by Crippen LogP contribution is -2.20. The molecule has 0 radical (unpaired) electrons. The average Bonchev–Trinajstić information content (AvgIpc) is 2.30. The maximum atomic E-state index is 12.2. The van der Waals surface area contributed by atoms with Crippen molar-refractivity contribution >= 4 is 17.0 Å². The molecule has 18 heavy (non-hydrogen) atoms. The van der Waals surface area contributed by atoms with Crippen molar-refractivity contribution in [1.82, 2.24) is 9.55 Å². The van der Waals surface area contributed by atoms with Crippen molar-refractivity contribution in [3.05, 3.63) is 38.8 Å². The van der Waals surface area contributed by atoms with Crippen molar-refractivity contribution in [3.8, 4) is 0 Å². The van der Waals surface area contributed by atoms with Gasteiger partial charge in [-0.2, -0.15) is 0 Å². The topological polar surface area (TPSA) is 72.2 Å². The number of hydrogen-bond acceptors (Lipinski definition) is 3. The van der Waals surface area contributed by atoms with E-state index in [1.54, 1.807) is 11.6 Å². The van der Waals surface area contributed by atoms with Crippen molar-refractivity contribution in [3.63, 3.8) is 0 Å². The van der Waals surface area contributed by atoms with Gasteiger partial charge in [-0.3, -0.25) is 4.79 Å². The number of aryl methyl sites for hydroxylation is 3. The van der Waals surface area contributed by atoms with E-state index in [0.717, 1.165) is 16.8 Å². The minimum Gasteiger partial charge on any atom is -0.477 e. The van der Waals surface area contributed by atoms with Gasteiger partial charge < -0.3 is 9.67 Å². The summed E-state index contributed by atoms with van der Waals surface area (Å²) in [5.41, 5.74) is 2.38. The van der Waals surface area contributed by atoms with Gasteiger partial charge >= 0.3 is 5.97 Å². The van der Waals surface area contributed by atoms with Gasteiger partial charge in [0.1, 0.15) is 11.2 Å². The number of aromatic carboxylic acids is 1. The maximum Gasteiger partial charge on any atom is 0.341 e. The number of carboxylic acid groups (broad SMARTS) is 1. The van der Waals surface area contributed by atoms with E-state index in [1.165, 1.54) is 6.20 Å². The second-order valence-electron chi connectivity index (χ2n) is 4.43. The number of hydrogen-bond donors (Lipinski definition) is 1. The van der Waals surface area contributed by atoms with Crippen molar-refractivity contribution in [2.24, 2.45) is 7.05 Å². The van der Waals surface area contributed by atoms with Crippen LogP contribution in [0.2, 0.25) is 0 Å². The second kappa shape index (κ2) is 3.94. The smallest absolute Gasteiger partial charge is 0.341 e. The highest BCUT2D eigenvalue weighted by atomic mass is 16.4. The average molecular weight is 246 g/mol. The van der Waals surface area contributed by atoms with E-state index in [0.29, 0.717) is 11.0 Å². The van der Waals surface area contributed by atoms with E-state index in [4.69, 9.17) is 5.11 Å². The van der Waals surface area contributed by atoms with E-state index in [1.807, 2.05) is 20.8 Å². The third kappa shape index (κ3) is 1.59. The molecule has 94 valence electrons. The van der Waals surface area contributed by atoms with Crippen LogP contribution in [-0.4, -0.2) is 20.6 Å².